The van der Waals surface area contributed by atoms with Gasteiger partial charge in [0.25, 0.3) is 5.91 Å². The summed E-state index contributed by atoms with van der Waals surface area (Å²) in [6.07, 6.45) is 3.10. The van der Waals surface area contributed by atoms with E-state index in [0.717, 1.165) is 5.75 Å². The van der Waals surface area contributed by atoms with Crippen LogP contribution in [-0.2, 0) is 9.53 Å². The topological polar surface area (TPSA) is 78.0 Å². The number of aromatic nitrogens is 1. The fourth-order valence-electron chi connectivity index (χ4n) is 2.50. The Morgan fingerprint density at radius 2 is 1.81 bits per heavy atom. The zero-order valence-corrected chi connectivity index (χ0v) is 15.8. The Bertz CT molecular complexity index is 734. The van der Waals surface area contributed by atoms with Gasteiger partial charge >= 0.3 is 5.97 Å². The number of carbonyl (C=O) groups excluding carboxylic acids is 2. The number of rotatable bonds is 9. The van der Waals surface area contributed by atoms with Crippen molar-refractivity contribution in [3.8, 4) is 11.5 Å². The Morgan fingerprint density at radius 1 is 1.11 bits per heavy atom. The monoisotopic (exact) mass is 372 g/mol. The third kappa shape index (κ3) is 5.99. The van der Waals surface area contributed by atoms with Crippen LogP contribution in [0.5, 0.6) is 11.5 Å². The molecule has 7 nitrogen and oxygen atoms in total. The normalized spacial score (nSPS) is 11.4. The first-order valence-corrected chi connectivity index (χ1v) is 8.59. The Labute approximate surface area is 158 Å². The van der Waals surface area contributed by atoms with Crippen LogP contribution in [0.3, 0.4) is 0 Å². The first-order chi connectivity index (χ1) is 13.0. The molecular weight excluding hydrogens is 348 g/mol. The summed E-state index contributed by atoms with van der Waals surface area (Å²) in [5.74, 6) is 0.386. The van der Waals surface area contributed by atoms with Gasteiger partial charge in [-0.2, -0.15) is 0 Å². The third-order valence-corrected chi connectivity index (χ3v) is 3.98. The standard InChI is InChI=1S/C20H24N2O5/c1-15(20(24)26-3)14-22(19(23)16-5-4-10-21-13-16)11-12-27-18-8-6-17(25-2)7-9-18/h4-10,13,15H,11-12,14H2,1-3H3. The molecule has 7 heteroatoms. The predicted octanol–water partition coefficient (Wildman–Crippen LogP) is 2.42. The Balaban J connectivity index is 2.02. The minimum absolute atomic E-state index is 0.211. The highest BCUT2D eigenvalue weighted by molar-refractivity contribution is 5.94. The van der Waals surface area contributed by atoms with Gasteiger partial charge in [-0.3, -0.25) is 14.6 Å². The van der Waals surface area contributed by atoms with Gasteiger partial charge in [-0.25, -0.2) is 0 Å². The molecule has 1 aromatic carbocycles. The molecule has 0 aliphatic rings. The van der Waals surface area contributed by atoms with E-state index >= 15 is 0 Å². The molecule has 1 heterocycles. The number of nitrogens with zero attached hydrogens (tertiary/aromatic N) is 2. The van der Waals surface area contributed by atoms with Gasteiger partial charge in [0.1, 0.15) is 18.1 Å². The van der Waals surface area contributed by atoms with Crippen LogP contribution in [0.15, 0.2) is 48.8 Å². The molecule has 0 spiro atoms. The molecule has 0 N–H and O–H groups in total. The average Bonchev–Trinajstić information content (AvgIpc) is 2.72. The Hall–Kier alpha value is -3.09. The van der Waals surface area contributed by atoms with Crippen molar-refractivity contribution in [3.05, 3.63) is 54.4 Å². The maximum atomic E-state index is 12.8. The van der Waals surface area contributed by atoms with Crippen LogP contribution in [-0.4, -0.2) is 55.7 Å². The van der Waals surface area contributed by atoms with Crippen LogP contribution in [0.25, 0.3) is 0 Å². The number of hydrogen-bond acceptors (Lipinski definition) is 6. The molecule has 0 bridgehead atoms. The first-order valence-electron chi connectivity index (χ1n) is 8.59. The third-order valence-electron chi connectivity index (χ3n) is 3.98. The predicted molar refractivity (Wildman–Crippen MR) is 99.8 cm³/mol. The number of esters is 1. The second kappa shape index (κ2) is 10.2. The van der Waals surface area contributed by atoms with Crippen LogP contribution < -0.4 is 9.47 Å². The fourth-order valence-corrected chi connectivity index (χ4v) is 2.50. The van der Waals surface area contributed by atoms with Crippen LogP contribution in [0, 0.1) is 5.92 Å². The van der Waals surface area contributed by atoms with Gasteiger partial charge in [-0.05, 0) is 36.4 Å². The maximum absolute atomic E-state index is 12.8. The summed E-state index contributed by atoms with van der Waals surface area (Å²) in [4.78, 5) is 30.1. The minimum atomic E-state index is -0.448. The number of hydrogen-bond donors (Lipinski definition) is 0. The summed E-state index contributed by atoms with van der Waals surface area (Å²) < 4.78 is 15.6. The van der Waals surface area contributed by atoms with Gasteiger partial charge in [-0.15, -0.1) is 0 Å². The van der Waals surface area contributed by atoms with Gasteiger partial charge in [-0.1, -0.05) is 6.92 Å². The van der Waals surface area contributed by atoms with Gasteiger partial charge in [0, 0.05) is 18.9 Å². The lowest BCUT2D eigenvalue weighted by Gasteiger charge is -2.25. The van der Waals surface area contributed by atoms with Gasteiger partial charge in [0.15, 0.2) is 0 Å². The lowest BCUT2D eigenvalue weighted by Crippen LogP contribution is -2.39. The van der Waals surface area contributed by atoms with E-state index in [0.29, 0.717) is 17.9 Å². The molecule has 0 saturated heterocycles. The number of carbonyl (C=O) groups is 2. The van der Waals surface area contributed by atoms with Gasteiger partial charge in [0.2, 0.25) is 0 Å². The van der Waals surface area contributed by atoms with Gasteiger partial charge in [0.05, 0.1) is 32.2 Å². The molecule has 0 fully saturated rings. The van der Waals surface area contributed by atoms with Crippen molar-refractivity contribution in [2.45, 2.75) is 6.92 Å². The van der Waals surface area contributed by atoms with Crippen LogP contribution in [0.1, 0.15) is 17.3 Å². The van der Waals surface area contributed by atoms with E-state index in [-0.39, 0.29) is 25.0 Å². The molecule has 27 heavy (non-hydrogen) atoms. The fraction of sp³-hybridized carbons (Fsp3) is 0.350. The molecular formula is C20H24N2O5. The van der Waals surface area contributed by atoms with E-state index in [2.05, 4.69) is 4.98 Å². The molecule has 144 valence electrons. The smallest absolute Gasteiger partial charge is 0.310 e. The Kier molecular flexibility index (Phi) is 7.61. The summed E-state index contributed by atoms with van der Waals surface area (Å²) in [5, 5.41) is 0. The van der Waals surface area contributed by atoms with Crippen molar-refractivity contribution in [1.82, 2.24) is 9.88 Å². The quantitative estimate of drug-likeness (QED) is 0.629. The zero-order valence-electron chi connectivity index (χ0n) is 15.8. The summed E-state index contributed by atoms with van der Waals surface area (Å²) in [7, 11) is 2.93. The Morgan fingerprint density at radius 3 is 2.41 bits per heavy atom. The van der Waals surface area contributed by atoms with Crippen molar-refractivity contribution in [2.75, 3.05) is 33.9 Å². The SMILES string of the molecule is COC(=O)C(C)CN(CCOc1ccc(OC)cc1)C(=O)c1cccnc1. The molecule has 1 unspecified atom stereocenters. The molecule has 1 aromatic heterocycles. The van der Waals surface area contributed by atoms with Crippen molar-refractivity contribution in [3.63, 3.8) is 0 Å². The van der Waals surface area contributed by atoms with E-state index in [1.54, 1.807) is 61.5 Å². The molecule has 1 amide bonds. The molecule has 0 aliphatic carbocycles. The largest absolute Gasteiger partial charge is 0.497 e. The number of ether oxygens (including phenoxy) is 3. The van der Waals surface area contributed by atoms with Crippen LogP contribution >= 0.6 is 0 Å². The van der Waals surface area contributed by atoms with Crippen molar-refractivity contribution >= 4 is 11.9 Å². The molecule has 0 aliphatic heterocycles. The van der Waals surface area contributed by atoms with Crippen LogP contribution in [0.2, 0.25) is 0 Å². The van der Waals surface area contributed by atoms with Crippen molar-refractivity contribution < 1.29 is 23.8 Å². The summed E-state index contributed by atoms with van der Waals surface area (Å²) in [6.45, 7) is 2.55. The van der Waals surface area contributed by atoms with E-state index in [1.165, 1.54) is 13.3 Å². The van der Waals surface area contributed by atoms with Crippen LogP contribution in [0.4, 0.5) is 0 Å². The number of benzene rings is 1. The number of pyridine rings is 1. The van der Waals surface area contributed by atoms with E-state index < -0.39 is 5.92 Å². The summed E-state index contributed by atoms with van der Waals surface area (Å²) >= 11 is 0. The first kappa shape index (κ1) is 20.2. The van der Waals surface area contributed by atoms with E-state index in [9.17, 15) is 9.59 Å². The number of methoxy groups -OCH3 is 2. The average molecular weight is 372 g/mol. The maximum Gasteiger partial charge on any atom is 0.310 e. The van der Waals surface area contributed by atoms with Crippen molar-refractivity contribution in [2.24, 2.45) is 5.92 Å². The second-order valence-electron chi connectivity index (χ2n) is 5.94. The van der Waals surface area contributed by atoms with E-state index in [4.69, 9.17) is 14.2 Å². The summed E-state index contributed by atoms with van der Waals surface area (Å²) in [6, 6.07) is 10.6. The molecule has 0 radical (unpaired) electrons. The van der Waals surface area contributed by atoms with Crippen molar-refractivity contribution in [1.29, 1.82) is 0 Å². The van der Waals surface area contributed by atoms with E-state index in [1.807, 2.05) is 0 Å². The molecule has 0 saturated carbocycles. The zero-order chi connectivity index (χ0) is 19.6. The molecule has 2 rings (SSSR count). The number of amides is 1. The lowest BCUT2D eigenvalue weighted by atomic mass is 10.1. The highest BCUT2D eigenvalue weighted by Gasteiger charge is 2.22. The van der Waals surface area contributed by atoms with Gasteiger partial charge < -0.3 is 19.1 Å². The highest BCUT2D eigenvalue weighted by Crippen LogP contribution is 2.17. The molecule has 2 aromatic rings. The molecule has 1 atom stereocenters. The summed E-state index contributed by atoms with van der Waals surface area (Å²) in [5.41, 5.74) is 0.457. The second-order valence-corrected chi connectivity index (χ2v) is 5.94. The minimum Gasteiger partial charge on any atom is -0.497 e. The lowest BCUT2D eigenvalue weighted by molar-refractivity contribution is -0.145. The highest BCUT2D eigenvalue weighted by atomic mass is 16.5.